The third-order valence-corrected chi connectivity index (χ3v) is 3.49. The molecule has 0 saturated carbocycles. The van der Waals surface area contributed by atoms with E-state index >= 15 is 0 Å². The second-order valence-electron chi connectivity index (χ2n) is 4.94. The van der Waals surface area contributed by atoms with Crippen molar-refractivity contribution < 1.29 is 14.7 Å². The van der Waals surface area contributed by atoms with Crippen LogP contribution in [0.3, 0.4) is 0 Å². The van der Waals surface area contributed by atoms with Gasteiger partial charge in [0.05, 0.1) is 5.71 Å². The maximum atomic E-state index is 11.9. The van der Waals surface area contributed by atoms with E-state index in [0.717, 1.165) is 31.5 Å². The summed E-state index contributed by atoms with van der Waals surface area (Å²) < 4.78 is 5.50. The molecule has 0 unspecified atom stereocenters. The predicted molar refractivity (Wildman–Crippen MR) is 76.4 cm³/mol. The highest BCUT2D eigenvalue weighted by Gasteiger charge is 2.16. The van der Waals surface area contributed by atoms with Gasteiger partial charge in [0.2, 0.25) is 0 Å². The molecule has 5 heteroatoms. The molecule has 1 N–H and O–H groups in total. The summed E-state index contributed by atoms with van der Waals surface area (Å²) in [6.07, 6.45) is 3.37. The van der Waals surface area contributed by atoms with E-state index in [9.17, 15) is 4.79 Å². The number of piperidine rings is 1. The van der Waals surface area contributed by atoms with Gasteiger partial charge in [-0.15, -0.1) is 0 Å². The predicted octanol–water partition coefficient (Wildman–Crippen LogP) is 2.28. The average Bonchev–Trinajstić information content (AvgIpc) is 2.53. The first-order valence-corrected chi connectivity index (χ1v) is 6.90. The van der Waals surface area contributed by atoms with Gasteiger partial charge in [0, 0.05) is 13.1 Å². The summed E-state index contributed by atoms with van der Waals surface area (Å²) in [5, 5.41) is 11.8. The number of nitrogens with zero attached hydrogens (tertiary/aromatic N) is 2. The molecule has 1 saturated heterocycles. The number of rotatable bonds is 4. The number of oxime groups is 1. The van der Waals surface area contributed by atoms with Gasteiger partial charge in [0.25, 0.3) is 5.91 Å². The van der Waals surface area contributed by atoms with Gasteiger partial charge < -0.3 is 14.8 Å². The Bertz CT molecular complexity index is 476. The van der Waals surface area contributed by atoms with E-state index in [4.69, 9.17) is 9.94 Å². The number of benzene rings is 1. The molecule has 20 heavy (non-hydrogen) atoms. The van der Waals surface area contributed by atoms with Gasteiger partial charge in [0.1, 0.15) is 5.75 Å². The molecule has 108 valence electrons. The zero-order valence-electron chi connectivity index (χ0n) is 11.7. The average molecular weight is 276 g/mol. The molecule has 1 aromatic rings. The molecule has 2 rings (SSSR count). The smallest absolute Gasteiger partial charge is 0.260 e. The molecule has 0 aliphatic carbocycles. The monoisotopic (exact) mass is 276 g/mol. The molecule has 0 radical (unpaired) electrons. The normalized spacial score (nSPS) is 16.1. The molecule has 1 aliphatic rings. The summed E-state index contributed by atoms with van der Waals surface area (Å²) in [5.74, 6) is 0.687. The van der Waals surface area contributed by atoms with Gasteiger partial charge in [0.15, 0.2) is 6.61 Å². The van der Waals surface area contributed by atoms with E-state index in [1.807, 2.05) is 4.90 Å². The fraction of sp³-hybridized carbons (Fsp3) is 0.467. The molecule has 1 fully saturated rings. The summed E-state index contributed by atoms with van der Waals surface area (Å²) >= 11 is 0. The Kier molecular flexibility index (Phi) is 4.98. The Morgan fingerprint density at radius 1 is 1.25 bits per heavy atom. The molecule has 0 atom stereocenters. The van der Waals surface area contributed by atoms with E-state index in [-0.39, 0.29) is 12.5 Å². The van der Waals surface area contributed by atoms with Crippen LogP contribution in [0, 0.1) is 0 Å². The first kappa shape index (κ1) is 14.4. The molecular weight excluding hydrogens is 256 g/mol. The van der Waals surface area contributed by atoms with Crippen molar-refractivity contribution in [2.45, 2.75) is 26.2 Å². The van der Waals surface area contributed by atoms with Gasteiger partial charge >= 0.3 is 0 Å². The SMILES string of the molecule is C/C(=N/O)c1ccc(OCC(=O)N2CCCCC2)cc1. The lowest BCUT2D eigenvalue weighted by Crippen LogP contribution is -2.38. The third kappa shape index (κ3) is 3.73. The van der Waals surface area contributed by atoms with Crippen molar-refractivity contribution in [3.8, 4) is 5.75 Å². The maximum absolute atomic E-state index is 11.9. The fourth-order valence-electron chi connectivity index (χ4n) is 2.23. The number of hydrogen-bond donors (Lipinski definition) is 1. The van der Waals surface area contributed by atoms with Crippen LogP contribution in [0.2, 0.25) is 0 Å². The van der Waals surface area contributed by atoms with Crippen molar-refractivity contribution >= 4 is 11.6 Å². The van der Waals surface area contributed by atoms with Gasteiger partial charge in [-0.1, -0.05) is 5.16 Å². The van der Waals surface area contributed by atoms with E-state index in [1.165, 1.54) is 6.42 Å². The minimum absolute atomic E-state index is 0.0434. The van der Waals surface area contributed by atoms with Crippen LogP contribution in [0.25, 0.3) is 0 Å². The van der Waals surface area contributed by atoms with Crippen molar-refractivity contribution in [2.75, 3.05) is 19.7 Å². The fourth-order valence-corrected chi connectivity index (χ4v) is 2.23. The standard InChI is InChI=1S/C15H20N2O3/c1-12(16-19)13-5-7-14(8-6-13)20-11-15(18)17-9-3-2-4-10-17/h5-8,19H,2-4,9-11H2,1H3/b16-12-. The molecule has 1 aliphatic heterocycles. The van der Waals surface area contributed by atoms with Crippen molar-refractivity contribution in [1.29, 1.82) is 0 Å². The summed E-state index contributed by atoms with van der Waals surface area (Å²) in [4.78, 5) is 13.8. The second-order valence-corrected chi connectivity index (χ2v) is 4.94. The van der Waals surface area contributed by atoms with Crippen LogP contribution < -0.4 is 4.74 Å². The van der Waals surface area contributed by atoms with E-state index < -0.39 is 0 Å². The summed E-state index contributed by atoms with van der Waals surface area (Å²) in [6.45, 7) is 3.47. The van der Waals surface area contributed by atoms with Crippen LogP contribution in [0.4, 0.5) is 0 Å². The summed E-state index contributed by atoms with van der Waals surface area (Å²) in [6, 6.07) is 7.15. The minimum atomic E-state index is 0.0434. The number of amides is 1. The van der Waals surface area contributed by atoms with Crippen LogP contribution in [-0.2, 0) is 4.79 Å². The number of hydrogen-bond acceptors (Lipinski definition) is 4. The molecular formula is C15H20N2O3. The topological polar surface area (TPSA) is 62.1 Å². The lowest BCUT2D eigenvalue weighted by atomic mass is 10.1. The molecule has 0 bridgehead atoms. The number of carbonyl (C=O) groups is 1. The lowest BCUT2D eigenvalue weighted by Gasteiger charge is -2.26. The van der Waals surface area contributed by atoms with Crippen LogP contribution in [0.5, 0.6) is 5.75 Å². The number of likely N-dealkylation sites (tertiary alicyclic amines) is 1. The molecule has 1 aromatic carbocycles. The van der Waals surface area contributed by atoms with Crippen molar-refractivity contribution in [3.63, 3.8) is 0 Å². The quantitative estimate of drug-likeness (QED) is 0.521. The molecule has 1 heterocycles. The Labute approximate surface area is 118 Å². The van der Waals surface area contributed by atoms with Crippen LogP contribution >= 0.6 is 0 Å². The number of ether oxygens (including phenoxy) is 1. The highest BCUT2D eigenvalue weighted by atomic mass is 16.5. The number of carbonyl (C=O) groups excluding carboxylic acids is 1. The van der Waals surface area contributed by atoms with E-state index in [1.54, 1.807) is 31.2 Å². The Morgan fingerprint density at radius 3 is 2.50 bits per heavy atom. The van der Waals surface area contributed by atoms with E-state index in [0.29, 0.717) is 11.5 Å². The first-order chi connectivity index (χ1) is 9.70. The molecule has 0 aromatic heterocycles. The Hall–Kier alpha value is -2.04. The van der Waals surface area contributed by atoms with E-state index in [2.05, 4.69) is 5.16 Å². The van der Waals surface area contributed by atoms with Crippen LogP contribution in [0.15, 0.2) is 29.4 Å². The highest BCUT2D eigenvalue weighted by molar-refractivity contribution is 5.98. The van der Waals surface area contributed by atoms with Crippen LogP contribution in [-0.4, -0.2) is 41.4 Å². The lowest BCUT2D eigenvalue weighted by molar-refractivity contribution is -0.134. The van der Waals surface area contributed by atoms with Crippen molar-refractivity contribution in [3.05, 3.63) is 29.8 Å². The molecule has 0 spiro atoms. The van der Waals surface area contributed by atoms with Gasteiger partial charge in [-0.2, -0.15) is 0 Å². The zero-order chi connectivity index (χ0) is 14.4. The molecule has 5 nitrogen and oxygen atoms in total. The first-order valence-electron chi connectivity index (χ1n) is 6.90. The minimum Gasteiger partial charge on any atom is -0.484 e. The third-order valence-electron chi connectivity index (χ3n) is 3.49. The van der Waals surface area contributed by atoms with Crippen molar-refractivity contribution in [2.24, 2.45) is 5.16 Å². The maximum Gasteiger partial charge on any atom is 0.260 e. The molecule has 1 amide bonds. The van der Waals surface area contributed by atoms with Gasteiger partial charge in [-0.05, 0) is 56.0 Å². The van der Waals surface area contributed by atoms with Gasteiger partial charge in [-0.25, -0.2) is 0 Å². The van der Waals surface area contributed by atoms with Gasteiger partial charge in [-0.3, -0.25) is 4.79 Å². The largest absolute Gasteiger partial charge is 0.484 e. The Balaban J connectivity index is 1.85. The zero-order valence-corrected chi connectivity index (χ0v) is 11.7. The van der Waals surface area contributed by atoms with Crippen LogP contribution in [0.1, 0.15) is 31.7 Å². The summed E-state index contributed by atoms with van der Waals surface area (Å²) in [7, 11) is 0. The van der Waals surface area contributed by atoms with Crippen molar-refractivity contribution in [1.82, 2.24) is 4.90 Å². The highest BCUT2D eigenvalue weighted by Crippen LogP contribution is 2.14. The summed E-state index contributed by atoms with van der Waals surface area (Å²) in [5.41, 5.74) is 1.36. The second kappa shape index (κ2) is 6.93. The Morgan fingerprint density at radius 2 is 1.90 bits per heavy atom.